The van der Waals surface area contributed by atoms with Gasteiger partial charge < -0.3 is 24.8 Å². The first kappa shape index (κ1) is 35.6. The van der Waals surface area contributed by atoms with E-state index in [-0.39, 0.29) is 46.5 Å². The number of methoxy groups -OCH3 is 1. The van der Waals surface area contributed by atoms with Crippen LogP contribution in [0.25, 0.3) is 5.69 Å². The molecule has 0 bridgehead atoms. The Hall–Kier alpha value is -5.29. The molecular weight excluding hydrogens is 665 g/mol. The van der Waals surface area contributed by atoms with Gasteiger partial charge in [0.1, 0.15) is 15.6 Å². The van der Waals surface area contributed by atoms with Crippen molar-refractivity contribution in [1.82, 2.24) is 20.1 Å². The van der Waals surface area contributed by atoms with E-state index < -0.39 is 33.9 Å². The Morgan fingerprint density at radius 2 is 1.69 bits per heavy atom. The van der Waals surface area contributed by atoms with Crippen molar-refractivity contribution in [1.29, 1.82) is 0 Å². The quantitative estimate of drug-likeness (QED) is 0.0780. The molecule has 0 saturated heterocycles. The van der Waals surface area contributed by atoms with Gasteiger partial charge in [0, 0.05) is 17.7 Å². The second-order valence-electron chi connectivity index (χ2n) is 9.84. The van der Waals surface area contributed by atoms with Gasteiger partial charge >= 0.3 is 11.9 Å². The molecule has 1 unspecified atom stereocenters. The fourth-order valence-corrected chi connectivity index (χ4v) is 6.38. The molecule has 2 aromatic carbocycles. The van der Waals surface area contributed by atoms with Crippen LogP contribution in [0, 0.1) is 17.0 Å². The van der Waals surface area contributed by atoms with Crippen LogP contribution in [0.4, 0.5) is 10.7 Å². The Morgan fingerprint density at radius 3 is 2.33 bits per heavy atom. The van der Waals surface area contributed by atoms with E-state index in [0.717, 1.165) is 23.1 Å². The van der Waals surface area contributed by atoms with E-state index in [1.54, 1.807) is 56.5 Å². The van der Waals surface area contributed by atoms with Crippen LogP contribution in [-0.4, -0.2) is 69.0 Å². The van der Waals surface area contributed by atoms with Gasteiger partial charge in [0.25, 0.3) is 11.6 Å². The highest BCUT2D eigenvalue weighted by atomic mass is 32.2. The molecule has 0 aliphatic heterocycles. The third-order valence-electron chi connectivity index (χ3n) is 6.75. The van der Waals surface area contributed by atoms with E-state index in [0.29, 0.717) is 28.0 Å². The lowest BCUT2D eigenvalue weighted by atomic mass is 10.1. The van der Waals surface area contributed by atoms with Gasteiger partial charge in [-0.25, -0.2) is 9.59 Å². The van der Waals surface area contributed by atoms with Crippen LogP contribution in [-0.2, 0) is 20.8 Å². The molecule has 17 heteroatoms. The predicted octanol–water partition coefficient (Wildman–Crippen LogP) is 4.96. The number of thioether (sulfide) groups is 1. The molecule has 2 amide bonds. The number of esters is 2. The topological polar surface area (TPSA) is 194 Å². The summed E-state index contributed by atoms with van der Waals surface area (Å²) in [4.78, 5) is 62.3. The Morgan fingerprint density at radius 1 is 1.02 bits per heavy atom. The molecule has 2 aromatic heterocycles. The van der Waals surface area contributed by atoms with E-state index in [4.69, 9.17) is 14.2 Å². The summed E-state index contributed by atoms with van der Waals surface area (Å²) in [7, 11) is 1.50. The smallest absolute Gasteiger partial charge is 0.348 e. The second kappa shape index (κ2) is 16.0. The van der Waals surface area contributed by atoms with Crippen molar-refractivity contribution in [2.24, 2.45) is 0 Å². The standard InChI is InChI=1S/C31H32N6O9S2/c1-6-45-29(40)24-17(3)25(30(41)46-7-2)48-28(24)33-26(38)18(4)47-31-35-34-23(36(31)21-10-8-9-11-22(21)44-5)16-32-27(39)19-12-14-20(15-13-19)37(42)43/h8-15,18H,6-7,16H2,1-5H3,(H,32,39)(H,33,38). The molecule has 48 heavy (non-hydrogen) atoms. The number of carbonyl (C=O) groups excluding carboxylic acids is 4. The van der Waals surface area contributed by atoms with Crippen LogP contribution < -0.4 is 15.4 Å². The molecule has 4 rings (SSSR count). The third-order valence-corrected chi connectivity index (χ3v) is 8.98. The minimum Gasteiger partial charge on any atom is -0.495 e. The summed E-state index contributed by atoms with van der Waals surface area (Å²) in [6.45, 7) is 6.67. The first-order valence-electron chi connectivity index (χ1n) is 14.6. The number of thiophene rings is 1. The van der Waals surface area contributed by atoms with E-state index in [2.05, 4.69) is 20.8 Å². The van der Waals surface area contributed by atoms with E-state index >= 15 is 0 Å². The zero-order chi connectivity index (χ0) is 35.0. The molecule has 0 radical (unpaired) electrons. The summed E-state index contributed by atoms with van der Waals surface area (Å²) in [5, 5.41) is 24.7. The first-order chi connectivity index (χ1) is 23.0. The number of nitrogens with one attached hydrogen (secondary N) is 2. The number of hydrogen-bond acceptors (Lipinski definition) is 13. The average molecular weight is 697 g/mol. The molecule has 252 valence electrons. The van der Waals surface area contributed by atoms with Crippen molar-refractivity contribution in [2.45, 2.75) is 44.6 Å². The molecule has 2 N–H and O–H groups in total. The molecule has 0 saturated carbocycles. The minimum atomic E-state index is -0.797. The molecular formula is C31H32N6O9S2. The Bertz CT molecular complexity index is 1840. The number of benzene rings is 2. The summed E-state index contributed by atoms with van der Waals surface area (Å²) >= 11 is 1.98. The summed E-state index contributed by atoms with van der Waals surface area (Å²) in [5.41, 5.74) is 1.01. The monoisotopic (exact) mass is 696 g/mol. The highest BCUT2D eigenvalue weighted by Crippen LogP contribution is 2.36. The molecule has 1 atom stereocenters. The maximum Gasteiger partial charge on any atom is 0.348 e. The van der Waals surface area contributed by atoms with Crippen LogP contribution in [0.1, 0.15) is 62.5 Å². The van der Waals surface area contributed by atoms with Gasteiger partial charge in [0.05, 0.1) is 48.3 Å². The maximum atomic E-state index is 13.5. The van der Waals surface area contributed by atoms with Gasteiger partial charge in [-0.3, -0.25) is 24.3 Å². The molecule has 15 nitrogen and oxygen atoms in total. The van der Waals surface area contributed by atoms with Crippen LogP contribution in [0.2, 0.25) is 0 Å². The SMILES string of the molecule is CCOC(=O)c1sc(NC(=O)C(C)Sc2nnc(CNC(=O)c3ccc([N+](=O)[O-])cc3)n2-c2ccccc2OC)c(C(=O)OCC)c1C. The van der Waals surface area contributed by atoms with E-state index in [1.807, 2.05) is 0 Å². The van der Waals surface area contributed by atoms with Gasteiger partial charge in [-0.1, -0.05) is 23.9 Å². The number of ether oxygens (including phenoxy) is 3. The van der Waals surface area contributed by atoms with E-state index in [1.165, 1.54) is 31.4 Å². The maximum absolute atomic E-state index is 13.5. The van der Waals surface area contributed by atoms with Gasteiger partial charge in [-0.2, -0.15) is 0 Å². The zero-order valence-electron chi connectivity index (χ0n) is 26.6. The first-order valence-corrected chi connectivity index (χ1v) is 16.3. The number of nitrogens with zero attached hydrogens (tertiary/aromatic N) is 4. The number of rotatable bonds is 14. The number of amides is 2. The number of nitro groups is 1. The van der Waals surface area contributed by atoms with Crippen molar-refractivity contribution < 1.29 is 38.3 Å². The largest absolute Gasteiger partial charge is 0.495 e. The summed E-state index contributed by atoms with van der Waals surface area (Å²) < 4.78 is 17.5. The lowest BCUT2D eigenvalue weighted by Gasteiger charge is -2.16. The Balaban J connectivity index is 1.60. The number of non-ortho nitro benzene ring substituents is 1. The number of aromatic nitrogens is 3. The summed E-state index contributed by atoms with van der Waals surface area (Å²) in [6, 6.07) is 12.2. The highest BCUT2D eigenvalue weighted by molar-refractivity contribution is 8.00. The fraction of sp³-hybridized carbons (Fsp3) is 0.290. The van der Waals surface area contributed by atoms with Crippen LogP contribution >= 0.6 is 23.1 Å². The second-order valence-corrected chi connectivity index (χ2v) is 12.2. The van der Waals surface area contributed by atoms with Crippen molar-refractivity contribution in [2.75, 3.05) is 25.6 Å². The van der Waals surface area contributed by atoms with Gasteiger partial charge in [0.15, 0.2) is 11.0 Å². The fourth-order valence-electron chi connectivity index (χ4n) is 4.41. The van der Waals surface area contributed by atoms with Crippen molar-refractivity contribution in [3.8, 4) is 11.4 Å². The number of hydrogen-bond donors (Lipinski definition) is 2. The molecule has 2 heterocycles. The van der Waals surface area contributed by atoms with Crippen molar-refractivity contribution >= 4 is 57.5 Å². The molecule has 0 aliphatic carbocycles. The average Bonchev–Trinajstić information content (AvgIpc) is 3.63. The molecule has 0 spiro atoms. The number of nitro benzene ring substituents is 1. The highest BCUT2D eigenvalue weighted by Gasteiger charge is 2.29. The van der Waals surface area contributed by atoms with Crippen LogP contribution in [0.3, 0.4) is 0 Å². The number of anilines is 1. The third kappa shape index (κ3) is 7.98. The lowest BCUT2D eigenvalue weighted by Crippen LogP contribution is -2.25. The molecule has 4 aromatic rings. The van der Waals surface area contributed by atoms with Crippen molar-refractivity contribution in [3.63, 3.8) is 0 Å². The zero-order valence-corrected chi connectivity index (χ0v) is 28.2. The normalized spacial score (nSPS) is 11.4. The Kier molecular flexibility index (Phi) is 11.9. The lowest BCUT2D eigenvalue weighted by molar-refractivity contribution is -0.384. The van der Waals surface area contributed by atoms with Crippen LogP contribution in [0.5, 0.6) is 5.75 Å². The summed E-state index contributed by atoms with van der Waals surface area (Å²) in [5.74, 6) is -1.52. The molecule has 0 aliphatic rings. The van der Waals surface area contributed by atoms with Gasteiger partial charge in [-0.05, 0) is 57.5 Å². The predicted molar refractivity (Wildman–Crippen MR) is 177 cm³/mol. The summed E-state index contributed by atoms with van der Waals surface area (Å²) in [6.07, 6.45) is 0. The molecule has 0 fully saturated rings. The minimum absolute atomic E-state index is 0.0682. The Labute approximate surface area is 283 Å². The van der Waals surface area contributed by atoms with Gasteiger partial charge in [0.2, 0.25) is 5.91 Å². The van der Waals surface area contributed by atoms with Crippen LogP contribution in [0.15, 0.2) is 53.7 Å². The van der Waals surface area contributed by atoms with Crippen molar-refractivity contribution in [3.05, 3.63) is 86.0 Å². The van der Waals surface area contributed by atoms with E-state index in [9.17, 15) is 29.3 Å². The number of carbonyl (C=O) groups is 4. The van der Waals surface area contributed by atoms with Gasteiger partial charge in [-0.15, -0.1) is 21.5 Å². The number of para-hydroxylation sites is 2.